The molecule has 0 radical (unpaired) electrons. The lowest BCUT2D eigenvalue weighted by molar-refractivity contribution is -0.132. The first-order chi connectivity index (χ1) is 10.7. The fraction of sp³-hybridized carbons (Fsp3) is 0.688. The Kier molecular flexibility index (Phi) is 4.45. The molecule has 6 heteroatoms. The van der Waals surface area contributed by atoms with Crippen LogP contribution in [0.25, 0.3) is 0 Å². The van der Waals surface area contributed by atoms with Crippen LogP contribution in [0, 0.1) is 5.92 Å². The van der Waals surface area contributed by atoms with Gasteiger partial charge in [0.15, 0.2) is 5.69 Å². The number of carbonyl (C=O) groups excluding carboxylic acids is 2. The third kappa shape index (κ3) is 3.48. The van der Waals surface area contributed by atoms with Gasteiger partial charge in [0.25, 0.3) is 5.91 Å². The van der Waals surface area contributed by atoms with Gasteiger partial charge < -0.3 is 14.7 Å². The quantitative estimate of drug-likeness (QED) is 0.902. The van der Waals surface area contributed by atoms with Gasteiger partial charge in [-0.1, -0.05) is 12.1 Å². The zero-order valence-electron chi connectivity index (χ0n) is 13.0. The van der Waals surface area contributed by atoms with Gasteiger partial charge in [-0.25, -0.2) is 0 Å². The highest BCUT2D eigenvalue weighted by Crippen LogP contribution is 2.40. The molecule has 0 bridgehead atoms. The van der Waals surface area contributed by atoms with Crippen molar-refractivity contribution in [2.24, 2.45) is 5.92 Å². The Labute approximate surface area is 130 Å². The van der Waals surface area contributed by atoms with E-state index in [1.807, 2.05) is 11.8 Å². The molecular formula is C16H23N3O3. The van der Waals surface area contributed by atoms with E-state index < -0.39 is 0 Å². The van der Waals surface area contributed by atoms with Gasteiger partial charge in [0.1, 0.15) is 5.76 Å². The molecule has 22 heavy (non-hydrogen) atoms. The van der Waals surface area contributed by atoms with Crippen LogP contribution in [0.3, 0.4) is 0 Å². The zero-order chi connectivity index (χ0) is 15.5. The van der Waals surface area contributed by atoms with E-state index >= 15 is 0 Å². The molecule has 6 nitrogen and oxygen atoms in total. The summed E-state index contributed by atoms with van der Waals surface area (Å²) in [6.45, 7) is 4.12. The van der Waals surface area contributed by atoms with E-state index in [2.05, 4.69) is 10.5 Å². The molecule has 2 heterocycles. The van der Waals surface area contributed by atoms with Crippen molar-refractivity contribution in [3.63, 3.8) is 0 Å². The number of hydrogen-bond acceptors (Lipinski definition) is 4. The number of nitrogens with one attached hydrogen (secondary N) is 1. The van der Waals surface area contributed by atoms with Crippen molar-refractivity contribution in [3.8, 4) is 0 Å². The molecule has 0 unspecified atom stereocenters. The highest BCUT2D eigenvalue weighted by Gasteiger charge is 2.29. The van der Waals surface area contributed by atoms with Crippen LogP contribution in [0.2, 0.25) is 0 Å². The average Bonchev–Trinajstić information content (AvgIpc) is 3.29. The standard InChI is InChI=1S/C16H23N3O3/c1-2-15(20)19-7-5-11(6-8-19)10-17-16(21)13-9-14(22-18-13)12-3-4-12/h9,11-12H,2-8,10H2,1H3,(H,17,21). The molecule has 2 aliphatic rings. The van der Waals surface area contributed by atoms with Crippen LogP contribution in [0.4, 0.5) is 0 Å². The lowest BCUT2D eigenvalue weighted by Crippen LogP contribution is -2.41. The number of nitrogens with zero attached hydrogens (tertiary/aromatic N) is 2. The summed E-state index contributed by atoms with van der Waals surface area (Å²) in [5.41, 5.74) is 0.375. The van der Waals surface area contributed by atoms with E-state index in [-0.39, 0.29) is 11.8 Å². The van der Waals surface area contributed by atoms with Crippen molar-refractivity contribution >= 4 is 11.8 Å². The maximum Gasteiger partial charge on any atom is 0.273 e. The Balaban J connectivity index is 1.42. The lowest BCUT2D eigenvalue weighted by Gasteiger charge is -2.31. The number of piperidine rings is 1. The maximum absolute atomic E-state index is 12.1. The summed E-state index contributed by atoms with van der Waals surface area (Å²) in [4.78, 5) is 25.6. The number of rotatable bonds is 5. The molecule has 2 fully saturated rings. The monoisotopic (exact) mass is 305 g/mol. The Morgan fingerprint density at radius 3 is 2.68 bits per heavy atom. The van der Waals surface area contributed by atoms with Crippen LogP contribution in [-0.4, -0.2) is 41.5 Å². The van der Waals surface area contributed by atoms with Crippen molar-refractivity contribution in [1.82, 2.24) is 15.4 Å². The van der Waals surface area contributed by atoms with Crippen molar-refractivity contribution in [3.05, 3.63) is 17.5 Å². The predicted octanol–water partition coefficient (Wildman–Crippen LogP) is 1.93. The van der Waals surface area contributed by atoms with Gasteiger partial charge in [-0.15, -0.1) is 0 Å². The minimum Gasteiger partial charge on any atom is -0.360 e. The Morgan fingerprint density at radius 2 is 2.05 bits per heavy atom. The van der Waals surface area contributed by atoms with Gasteiger partial charge in [-0.05, 0) is 31.6 Å². The fourth-order valence-electron chi connectivity index (χ4n) is 2.89. The third-order valence-electron chi connectivity index (χ3n) is 4.56. The molecule has 0 atom stereocenters. The Hall–Kier alpha value is -1.85. The van der Waals surface area contributed by atoms with Crippen LogP contribution < -0.4 is 5.32 Å². The number of likely N-dealkylation sites (tertiary alicyclic amines) is 1. The number of aromatic nitrogens is 1. The van der Waals surface area contributed by atoms with Crippen LogP contribution in [-0.2, 0) is 4.79 Å². The highest BCUT2D eigenvalue weighted by molar-refractivity contribution is 5.92. The lowest BCUT2D eigenvalue weighted by atomic mass is 9.96. The largest absolute Gasteiger partial charge is 0.360 e. The second kappa shape index (κ2) is 6.50. The molecule has 0 aromatic carbocycles. The van der Waals surface area contributed by atoms with E-state index in [4.69, 9.17) is 4.52 Å². The molecule has 1 aliphatic heterocycles. The molecule has 1 saturated carbocycles. The second-order valence-electron chi connectivity index (χ2n) is 6.28. The first-order valence-corrected chi connectivity index (χ1v) is 8.20. The minimum absolute atomic E-state index is 0.164. The number of carbonyl (C=O) groups is 2. The molecule has 1 aliphatic carbocycles. The summed E-state index contributed by atoms with van der Waals surface area (Å²) >= 11 is 0. The van der Waals surface area contributed by atoms with Gasteiger partial charge in [-0.3, -0.25) is 9.59 Å². The van der Waals surface area contributed by atoms with Crippen molar-refractivity contribution in [2.75, 3.05) is 19.6 Å². The van der Waals surface area contributed by atoms with E-state index in [0.29, 0.717) is 30.5 Å². The molecule has 1 aromatic rings. The zero-order valence-corrected chi connectivity index (χ0v) is 13.0. The maximum atomic E-state index is 12.1. The molecule has 120 valence electrons. The van der Waals surface area contributed by atoms with Gasteiger partial charge >= 0.3 is 0 Å². The minimum atomic E-state index is -0.164. The van der Waals surface area contributed by atoms with E-state index in [0.717, 1.165) is 44.5 Å². The molecule has 3 rings (SSSR count). The normalized spacial score (nSPS) is 19.2. The summed E-state index contributed by atoms with van der Waals surface area (Å²) < 4.78 is 5.20. The smallest absolute Gasteiger partial charge is 0.273 e. The van der Waals surface area contributed by atoms with Gasteiger partial charge in [-0.2, -0.15) is 0 Å². The first kappa shape index (κ1) is 15.1. The van der Waals surface area contributed by atoms with Crippen molar-refractivity contribution in [2.45, 2.75) is 44.9 Å². The van der Waals surface area contributed by atoms with Crippen molar-refractivity contribution in [1.29, 1.82) is 0 Å². The predicted molar refractivity (Wildman–Crippen MR) is 80.4 cm³/mol. The van der Waals surface area contributed by atoms with Crippen molar-refractivity contribution < 1.29 is 14.1 Å². The molecule has 0 spiro atoms. The summed E-state index contributed by atoms with van der Waals surface area (Å²) in [5, 5.41) is 6.78. The highest BCUT2D eigenvalue weighted by atomic mass is 16.5. The first-order valence-electron chi connectivity index (χ1n) is 8.20. The SMILES string of the molecule is CCC(=O)N1CCC(CNC(=O)c2cc(C3CC3)on2)CC1. The van der Waals surface area contributed by atoms with Crippen LogP contribution in [0.15, 0.2) is 10.6 Å². The summed E-state index contributed by atoms with van der Waals surface area (Å²) in [5.74, 6) is 1.78. The fourth-order valence-corrected chi connectivity index (χ4v) is 2.89. The topological polar surface area (TPSA) is 75.4 Å². The molecular weight excluding hydrogens is 282 g/mol. The van der Waals surface area contributed by atoms with E-state index in [1.165, 1.54) is 0 Å². The van der Waals surface area contributed by atoms with Crippen LogP contribution in [0.1, 0.15) is 61.2 Å². The molecule has 1 N–H and O–H groups in total. The van der Waals surface area contributed by atoms with Gasteiger partial charge in [0.2, 0.25) is 5.91 Å². The van der Waals surface area contributed by atoms with Gasteiger partial charge in [0.05, 0.1) is 0 Å². The Bertz CT molecular complexity index is 543. The second-order valence-corrected chi connectivity index (χ2v) is 6.28. The summed E-state index contributed by atoms with van der Waals surface area (Å²) in [6, 6.07) is 1.76. The molecule has 1 aromatic heterocycles. The average molecular weight is 305 g/mol. The van der Waals surface area contributed by atoms with Crippen LogP contribution >= 0.6 is 0 Å². The van der Waals surface area contributed by atoms with E-state index in [1.54, 1.807) is 6.07 Å². The number of amides is 2. The van der Waals surface area contributed by atoms with Gasteiger partial charge in [0, 0.05) is 38.0 Å². The number of hydrogen-bond donors (Lipinski definition) is 1. The molecule has 2 amide bonds. The van der Waals surface area contributed by atoms with Crippen LogP contribution in [0.5, 0.6) is 0 Å². The Morgan fingerprint density at radius 1 is 1.32 bits per heavy atom. The third-order valence-corrected chi connectivity index (χ3v) is 4.56. The molecule has 1 saturated heterocycles. The summed E-state index contributed by atoms with van der Waals surface area (Å²) in [7, 11) is 0. The summed E-state index contributed by atoms with van der Waals surface area (Å²) in [6.07, 6.45) is 4.71. The van der Waals surface area contributed by atoms with E-state index in [9.17, 15) is 9.59 Å².